The zero-order chi connectivity index (χ0) is 15.5. The molecule has 0 saturated carbocycles. The number of ether oxygens (including phenoxy) is 2. The molecule has 0 radical (unpaired) electrons. The van der Waals surface area contributed by atoms with Crippen molar-refractivity contribution in [2.24, 2.45) is 0 Å². The maximum Gasteiger partial charge on any atom is 0.410 e. The highest BCUT2D eigenvalue weighted by Gasteiger charge is 2.28. The summed E-state index contributed by atoms with van der Waals surface area (Å²) in [6.45, 7) is 10.9. The Kier molecular flexibility index (Phi) is 11.2. The maximum atomic E-state index is 11.4. The molecular weight excluding hydrogens is 250 g/mol. The van der Waals surface area contributed by atoms with Gasteiger partial charge in [-0.25, -0.2) is 4.79 Å². The van der Waals surface area contributed by atoms with Crippen molar-refractivity contribution in [3.63, 3.8) is 0 Å². The molecule has 1 unspecified atom stereocenters. The number of aliphatic hydroxyl groups excluding tert-OH is 1. The van der Waals surface area contributed by atoms with E-state index >= 15 is 0 Å². The predicted molar refractivity (Wildman–Crippen MR) is 72.9 cm³/mol. The number of β-amino-alcohol motifs (C(OH)–C–C–N with tert-alkyl or cyclic N) is 1. The fourth-order valence-electron chi connectivity index (χ4n) is 1.23. The predicted octanol–water partition coefficient (Wildman–Crippen LogP) is 1.80. The topological polar surface area (TPSA) is 76.1 Å². The first-order valence-corrected chi connectivity index (χ1v) is 6.42. The lowest BCUT2D eigenvalue weighted by molar-refractivity contribution is -0.126. The quantitative estimate of drug-likeness (QED) is 0.740. The molecule has 1 amide bonds. The van der Waals surface area contributed by atoms with E-state index in [-0.39, 0.29) is 12.2 Å². The largest absolute Gasteiger partial charge is 0.471 e. The van der Waals surface area contributed by atoms with Gasteiger partial charge in [0.25, 0.3) is 6.47 Å². The van der Waals surface area contributed by atoms with Crippen molar-refractivity contribution >= 4 is 12.6 Å². The average Bonchev–Trinajstić information content (AvgIpc) is 2.77. The number of likely N-dealkylation sites (tertiary alicyclic amines) is 1. The van der Waals surface area contributed by atoms with Gasteiger partial charge in [0.15, 0.2) is 0 Å². The fraction of sp³-hybridized carbons (Fsp3) is 0.846. The van der Waals surface area contributed by atoms with Crippen LogP contribution < -0.4 is 0 Å². The van der Waals surface area contributed by atoms with Crippen LogP contribution in [0.25, 0.3) is 0 Å². The van der Waals surface area contributed by atoms with Crippen LogP contribution in [0, 0.1) is 0 Å². The average molecular weight is 277 g/mol. The molecule has 1 heterocycles. The number of hydrogen-bond donors (Lipinski definition) is 1. The fourth-order valence-corrected chi connectivity index (χ4v) is 1.23. The van der Waals surface area contributed by atoms with Crippen molar-refractivity contribution < 1.29 is 24.2 Å². The van der Waals surface area contributed by atoms with Crippen LogP contribution in [-0.2, 0) is 14.3 Å². The molecule has 0 aliphatic carbocycles. The Morgan fingerprint density at radius 1 is 1.37 bits per heavy atom. The lowest BCUT2D eigenvalue weighted by Gasteiger charge is -2.24. The van der Waals surface area contributed by atoms with Gasteiger partial charge in [0.05, 0.1) is 13.2 Å². The van der Waals surface area contributed by atoms with Gasteiger partial charge in [-0.3, -0.25) is 4.79 Å². The number of amides is 1. The molecular formula is C13H27NO5. The van der Waals surface area contributed by atoms with Crippen molar-refractivity contribution in [2.75, 3.05) is 20.2 Å². The molecule has 1 rings (SSSR count). The first-order valence-electron chi connectivity index (χ1n) is 6.42. The molecule has 19 heavy (non-hydrogen) atoms. The number of carbonyl (C=O) groups is 2. The minimum atomic E-state index is -0.454. The van der Waals surface area contributed by atoms with Gasteiger partial charge in [0.2, 0.25) is 0 Å². The number of aliphatic hydroxyl groups is 1. The third-order valence-electron chi connectivity index (χ3n) is 1.91. The van der Waals surface area contributed by atoms with E-state index in [4.69, 9.17) is 9.53 Å². The first kappa shape index (κ1) is 20.0. The molecule has 1 saturated heterocycles. The second kappa shape index (κ2) is 10.6. The van der Waals surface area contributed by atoms with Crippen LogP contribution in [0.2, 0.25) is 0 Å². The Balaban J connectivity index is 0. The van der Waals surface area contributed by atoms with Crippen LogP contribution >= 0.6 is 0 Å². The third-order valence-corrected chi connectivity index (χ3v) is 1.91. The molecule has 0 bridgehead atoms. The summed E-state index contributed by atoms with van der Waals surface area (Å²) >= 11 is 0. The Morgan fingerprint density at radius 3 is 2.11 bits per heavy atom. The van der Waals surface area contributed by atoms with E-state index in [2.05, 4.69) is 4.74 Å². The summed E-state index contributed by atoms with van der Waals surface area (Å²) in [5.74, 6) is 0. The Bertz CT molecular complexity index is 250. The number of hydrogen-bond acceptors (Lipinski definition) is 5. The van der Waals surface area contributed by atoms with Gasteiger partial charge in [-0.2, -0.15) is 0 Å². The van der Waals surface area contributed by atoms with Crippen LogP contribution in [0.3, 0.4) is 0 Å². The summed E-state index contributed by atoms with van der Waals surface area (Å²) < 4.78 is 9.01. The van der Waals surface area contributed by atoms with E-state index in [1.54, 1.807) is 0 Å². The first-order chi connectivity index (χ1) is 8.80. The summed E-state index contributed by atoms with van der Waals surface area (Å²) in [6.07, 6.45) is -0.0595. The van der Waals surface area contributed by atoms with Crippen molar-refractivity contribution in [3.05, 3.63) is 0 Å². The van der Waals surface area contributed by atoms with Crippen LogP contribution in [0.4, 0.5) is 4.79 Å². The highest BCUT2D eigenvalue weighted by Crippen LogP contribution is 2.14. The lowest BCUT2D eigenvalue weighted by atomic mass is 10.2. The molecule has 1 aliphatic rings. The zero-order valence-electron chi connectivity index (χ0n) is 12.8. The number of carbonyl (C=O) groups excluding carboxylic acids is 2. The van der Waals surface area contributed by atoms with E-state index in [0.717, 1.165) is 0 Å². The van der Waals surface area contributed by atoms with Crippen LogP contribution in [0.5, 0.6) is 0 Å². The highest BCUT2D eigenvalue weighted by molar-refractivity contribution is 5.68. The molecule has 1 aliphatic heterocycles. The van der Waals surface area contributed by atoms with Crippen molar-refractivity contribution in [2.45, 2.75) is 52.7 Å². The highest BCUT2D eigenvalue weighted by atomic mass is 16.6. The van der Waals surface area contributed by atoms with Gasteiger partial charge in [-0.1, -0.05) is 13.8 Å². The monoisotopic (exact) mass is 277 g/mol. The van der Waals surface area contributed by atoms with E-state index in [1.165, 1.54) is 12.0 Å². The number of nitrogens with zero attached hydrogens (tertiary/aromatic N) is 1. The van der Waals surface area contributed by atoms with Gasteiger partial charge >= 0.3 is 6.09 Å². The smallest absolute Gasteiger partial charge is 0.410 e. The van der Waals surface area contributed by atoms with Gasteiger partial charge < -0.3 is 19.5 Å². The summed E-state index contributed by atoms with van der Waals surface area (Å²) in [4.78, 5) is 21.9. The Morgan fingerprint density at radius 2 is 1.84 bits per heavy atom. The second-order valence-electron chi connectivity index (χ2n) is 4.70. The third kappa shape index (κ3) is 11.5. The zero-order valence-corrected chi connectivity index (χ0v) is 12.8. The second-order valence-corrected chi connectivity index (χ2v) is 4.70. The van der Waals surface area contributed by atoms with Crippen LogP contribution in [0.1, 0.15) is 41.0 Å². The standard InChI is InChI=1S/C9H17NO3.C2H4O2.C2H6/c1-9(2,3)13-8(12)10-5-4-7(11)6-10;1-4-2-3;1-2/h7,11H,4-6H2,1-3H3;2H,1H3;1-2H3. The molecule has 1 N–H and O–H groups in total. The lowest BCUT2D eigenvalue weighted by Crippen LogP contribution is -2.35. The molecule has 0 spiro atoms. The maximum absolute atomic E-state index is 11.4. The Labute approximate surface area is 115 Å². The summed E-state index contributed by atoms with van der Waals surface area (Å²) in [5, 5.41) is 9.20. The number of rotatable bonds is 1. The summed E-state index contributed by atoms with van der Waals surface area (Å²) in [7, 11) is 1.31. The van der Waals surface area contributed by atoms with Crippen molar-refractivity contribution in [3.8, 4) is 0 Å². The summed E-state index contributed by atoms with van der Waals surface area (Å²) in [6, 6.07) is 0. The molecule has 114 valence electrons. The van der Waals surface area contributed by atoms with E-state index < -0.39 is 5.60 Å². The normalized spacial score (nSPS) is 17.4. The molecule has 1 atom stereocenters. The molecule has 6 nitrogen and oxygen atoms in total. The molecule has 6 heteroatoms. The van der Waals surface area contributed by atoms with E-state index in [1.807, 2.05) is 34.6 Å². The molecule has 0 aromatic heterocycles. The summed E-state index contributed by atoms with van der Waals surface area (Å²) in [5.41, 5.74) is -0.454. The SMILES string of the molecule is CC.CC(C)(C)OC(=O)N1CCC(O)C1.COC=O. The van der Waals surface area contributed by atoms with E-state index in [0.29, 0.717) is 26.0 Å². The van der Waals surface area contributed by atoms with Gasteiger partial charge in [0, 0.05) is 13.1 Å². The number of methoxy groups -OCH3 is 1. The van der Waals surface area contributed by atoms with Crippen LogP contribution in [0.15, 0.2) is 0 Å². The molecule has 0 aromatic carbocycles. The van der Waals surface area contributed by atoms with Crippen molar-refractivity contribution in [1.82, 2.24) is 4.90 Å². The van der Waals surface area contributed by atoms with Gasteiger partial charge in [-0.15, -0.1) is 0 Å². The van der Waals surface area contributed by atoms with E-state index in [9.17, 15) is 9.90 Å². The molecule has 0 aromatic rings. The van der Waals surface area contributed by atoms with Gasteiger partial charge in [-0.05, 0) is 27.2 Å². The van der Waals surface area contributed by atoms with Crippen LogP contribution in [-0.4, -0.2) is 54.5 Å². The minimum absolute atomic E-state index is 0.330. The van der Waals surface area contributed by atoms with Gasteiger partial charge in [0.1, 0.15) is 5.60 Å². The Hall–Kier alpha value is -1.30. The minimum Gasteiger partial charge on any atom is -0.471 e. The van der Waals surface area contributed by atoms with Crippen molar-refractivity contribution in [1.29, 1.82) is 0 Å². The molecule has 1 fully saturated rings.